The van der Waals surface area contributed by atoms with E-state index in [2.05, 4.69) is 0 Å². The van der Waals surface area contributed by atoms with Gasteiger partial charge in [-0.25, -0.2) is 4.79 Å². The quantitative estimate of drug-likeness (QED) is 0.117. The number of nitrogens with zero attached hydrogens (tertiary/aromatic N) is 1. The van der Waals surface area contributed by atoms with Gasteiger partial charge in [0.2, 0.25) is 5.79 Å². The molecule has 1 aromatic carbocycles. The van der Waals surface area contributed by atoms with E-state index < -0.39 is 108 Å². The monoisotopic (exact) mass is 1010 g/mol. The van der Waals surface area contributed by atoms with Gasteiger partial charge in [0.1, 0.15) is 30.1 Å². The summed E-state index contributed by atoms with van der Waals surface area (Å²) in [6.45, 7) is 10.6. The Morgan fingerprint density at radius 3 is 2.26 bits per heavy atom. The predicted molar refractivity (Wildman–Crippen MR) is 253 cm³/mol. The molecule has 1 aliphatic carbocycles. The van der Waals surface area contributed by atoms with Gasteiger partial charge in [-0.2, -0.15) is 13.2 Å². The fourth-order valence-corrected chi connectivity index (χ4v) is 11.1. The maximum Gasteiger partial charge on any atom is 0.416 e. The van der Waals surface area contributed by atoms with Crippen LogP contribution in [0.15, 0.2) is 41.5 Å². The highest BCUT2D eigenvalue weighted by Gasteiger charge is 2.56. The van der Waals surface area contributed by atoms with Gasteiger partial charge >= 0.3 is 12.1 Å². The van der Waals surface area contributed by atoms with Crippen molar-refractivity contribution in [3.63, 3.8) is 0 Å². The first kappa shape index (κ1) is 57.6. The van der Waals surface area contributed by atoms with Crippen LogP contribution in [0.4, 0.5) is 13.2 Å². The Balaban J connectivity index is 1.44. The molecule has 2 bridgehead atoms. The van der Waals surface area contributed by atoms with Crippen molar-refractivity contribution in [3.05, 3.63) is 57.6 Å². The number of esters is 1. The number of alkyl halides is 3. The van der Waals surface area contributed by atoms with E-state index in [1.165, 1.54) is 27.4 Å². The highest BCUT2D eigenvalue weighted by Crippen LogP contribution is 2.40. The molecule has 3 aliphatic heterocycles. The number of halogens is 4. The third-order valence-electron chi connectivity index (χ3n) is 15.0. The fourth-order valence-electron chi connectivity index (χ4n) is 10.8. The van der Waals surface area contributed by atoms with Gasteiger partial charge in [0.15, 0.2) is 0 Å². The van der Waals surface area contributed by atoms with Gasteiger partial charge in [-0.1, -0.05) is 57.0 Å². The highest BCUT2D eigenvalue weighted by atomic mass is 35.5. The van der Waals surface area contributed by atoms with E-state index >= 15 is 0 Å². The minimum atomic E-state index is -4.66. The molecular formula is C52H75ClF3NO13. The summed E-state index contributed by atoms with van der Waals surface area (Å²) in [6, 6.07) is 1.65. The van der Waals surface area contributed by atoms with Crippen molar-refractivity contribution >= 4 is 35.0 Å². The van der Waals surface area contributed by atoms with E-state index in [0.717, 1.165) is 22.6 Å². The van der Waals surface area contributed by atoms with Gasteiger partial charge in [0.05, 0.1) is 42.7 Å². The molecule has 1 aromatic rings. The van der Waals surface area contributed by atoms with E-state index in [9.17, 15) is 47.7 Å². The number of benzene rings is 1. The van der Waals surface area contributed by atoms with E-state index in [-0.39, 0.29) is 60.6 Å². The number of aliphatic hydroxyl groups is 3. The first-order chi connectivity index (χ1) is 32.9. The molecule has 3 heterocycles. The number of methoxy groups -OCH3 is 3. The maximum absolute atomic E-state index is 14.5. The van der Waals surface area contributed by atoms with Crippen LogP contribution < -0.4 is 0 Å². The van der Waals surface area contributed by atoms with E-state index in [1.54, 1.807) is 20.8 Å². The number of allylic oxidation sites excluding steroid dienone is 3. The summed E-state index contributed by atoms with van der Waals surface area (Å²) < 4.78 is 76.6. The lowest BCUT2D eigenvalue weighted by Gasteiger charge is -2.47. The Hall–Kier alpha value is -3.26. The SMILES string of the molecule is CCC1/C=C(\C)CC(C)CC(OC)C2OC(O)(C(=O)C(=O)N3CCCCC3C(=O)OC(C(C)=CC3CCC(OCC(O)c4cc(Cl)cc(C(F)(F)F)c4)C(OC)C3)C(C)C(O)CC1=O)C(C)CC2OC. The lowest BCUT2D eigenvalue weighted by Crippen LogP contribution is -2.64. The second-order valence-corrected chi connectivity index (χ2v) is 20.7. The van der Waals surface area contributed by atoms with Crippen LogP contribution in [0.25, 0.3) is 0 Å². The molecule has 1 saturated carbocycles. The van der Waals surface area contributed by atoms with Gasteiger partial charge in [-0.3, -0.25) is 14.4 Å². The molecule has 14 nitrogen and oxygen atoms in total. The molecule has 15 unspecified atom stereocenters. The number of Topliss-reactive ketones (excluding diaryl/α,β-unsaturated/α-hetero) is 2. The van der Waals surface area contributed by atoms with Crippen LogP contribution in [-0.2, 0) is 53.8 Å². The smallest absolute Gasteiger partial charge is 0.416 e. The summed E-state index contributed by atoms with van der Waals surface area (Å²) in [6.07, 6.45) is -3.75. The first-order valence-electron chi connectivity index (χ1n) is 24.7. The van der Waals surface area contributed by atoms with E-state index in [4.69, 9.17) is 40.0 Å². The van der Waals surface area contributed by atoms with Crippen LogP contribution >= 0.6 is 11.6 Å². The lowest BCUT2D eigenvalue weighted by molar-refractivity contribution is -0.302. The zero-order valence-electron chi connectivity index (χ0n) is 42.0. The number of rotatable bonds is 10. The summed E-state index contributed by atoms with van der Waals surface area (Å²) in [5.41, 5.74) is 0.478. The van der Waals surface area contributed by atoms with Gasteiger partial charge in [-0.05, 0) is 119 Å². The van der Waals surface area contributed by atoms with Crippen molar-refractivity contribution in [1.29, 1.82) is 0 Å². The first-order valence-corrected chi connectivity index (χ1v) is 25.1. The number of hydrogen-bond acceptors (Lipinski definition) is 13. The molecule has 0 radical (unpaired) electrons. The molecule has 2 saturated heterocycles. The highest BCUT2D eigenvalue weighted by molar-refractivity contribution is 6.39. The van der Waals surface area contributed by atoms with Crippen molar-refractivity contribution in [2.45, 2.75) is 179 Å². The summed E-state index contributed by atoms with van der Waals surface area (Å²) >= 11 is 5.95. The van der Waals surface area contributed by atoms with Gasteiger partial charge in [0.25, 0.3) is 11.7 Å². The molecule has 0 aromatic heterocycles. The fraction of sp³-hybridized carbons (Fsp3) is 0.731. The Bertz CT molecular complexity index is 2030. The molecule has 5 rings (SSSR count). The minimum absolute atomic E-state index is 0.0139. The number of ketones is 2. The molecule has 18 heteroatoms. The van der Waals surface area contributed by atoms with Crippen LogP contribution in [0, 0.1) is 29.6 Å². The van der Waals surface area contributed by atoms with Gasteiger partial charge in [-0.15, -0.1) is 0 Å². The molecule has 1 amide bonds. The molecule has 0 spiro atoms. The third-order valence-corrected chi connectivity index (χ3v) is 15.2. The minimum Gasteiger partial charge on any atom is -0.456 e. The van der Waals surface area contributed by atoms with Crippen molar-refractivity contribution in [2.24, 2.45) is 29.6 Å². The number of fused-ring (bicyclic) bond motifs is 3. The standard InChI is InChI=1S/C52H75ClF3NO13/c1-10-34-18-28(2)17-29(3)19-44(66-8)47-45(67-9)21-31(5)51(64,70-47)48(61)49(62)57-16-12-11-13-38(57)50(63)69-46(32(6)39(58)26-40(34)59)30(4)20-33-14-15-42(43(22-33)65-7)68-27-41(60)35-23-36(52(54,55)56)25-37(53)24-35/h18,20,23-25,29,31-34,38-39,41-47,58,60,64H,10-17,19,21-22,26-27H2,1-9H3/b28-18+,30-20?. The van der Waals surface area contributed by atoms with Crippen molar-refractivity contribution < 1.29 is 76.1 Å². The average molecular weight is 1010 g/mol. The summed E-state index contributed by atoms with van der Waals surface area (Å²) in [7, 11) is 4.52. The summed E-state index contributed by atoms with van der Waals surface area (Å²) in [5, 5.41) is 34.6. The number of carbonyl (C=O) groups is 4. The number of hydrogen-bond donors (Lipinski definition) is 3. The number of amides is 1. The maximum atomic E-state index is 14.5. The Morgan fingerprint density at radius 1 is 0.943 bits per heavy atom. The van der Waals surface area contributed by atoms with Crippen LogP contribution in [-0.4, -0.2) is 133 Å². The van der Waals surface area contributed by atoms with Crippen LogP contribution in [0.1, 0.15) is 129 Å². The largest absolute Gasteiger partial charge is 0.456 e. The molecule has 3 N–H and O–H groups in total. The van der Waals surface area contributed by atoms with Gasteiger partial charge in [0, 0.05) is 57.1 Å². The van der Waals surface area contributed by atoms with Crippen molar-refractivity contribution in [1.82, 2.24) is 4.90 Å². The molecule has 4 aliphatic rings. The average Bonchev–Trinajstić information content (AvgIpc) is 3.32. The molecular weight excluding hydrogens is 939 g/mol. The van der Waals surface area contributed by atoms with Crippen molar-refractivity contribution in [3.8, 4) is 0 Å². The molecule has 3 fully saturated rings. The topological polar surface area (TPSA) is 188 Å². The number of carbonyl (C=O) groups excluding carboxylic acids is 4. The third kappa shape index (κ3) is 14.1. The number of cyclic esters (lactones) is 1. The molecule has 394 valence electrons. The van der Waals surface area contributed by atoms with E-state index in [1.807, 2.05) is 32.9 Å². The Morgan fingerprint density at radius 2 is 1.61 bits per heavy atom. The molecule has 15 atom stereocenters. The zero-order valence-corrected chi connectivity index (χ0v) is 42.8. The second kappa shape index (κ2) is 25.1. The number of aliphatic hydroxyl groups excluding tert-OH is 2. The lowest BCUT2D eigenvalue weighted by atomic mass is 9.81. The second-order valence-electron chi connectivity index (χ2n) is 20.2. The van der Waals surface area contributed by atoms with Crippen LogP contribution in [0.5, 0.6) is 0 Å². The summed E-state index contributed by atoms with van der Waals surface area (Å²) in [5.74, 6) is -8.26. The predicted octanol–water partition coefficient (Wildman–Crippen LogP) is 7.90. The number of piperidine rings is 1. The molecule has 70 heavy (non-hydrogen) atoms. The Labute approximate surface area is 415 Å². The van der Waals surface area contributed by atoms with Crippen LogP contribution in [0.3, 0.4) is 0 Å². The van der Waals surface area contributed by atoms with E-state index in [0.29, 0.717) is 56.9 Å². The summed E-state index contributed by atoms with van der Waals surface area (Å²) in [4.78, 5) is 58.4. The van der Waals surface area contributed by atoms with Crippen molar-refractivity contribution in [2.75, 3.05) is 34.5 Å². The normalized spacial score (nSPS) is 36.3. The van der Waals surface area contributed by atoms with Gasteiger partial charge < -0.3 is 48.6 Å². The number of ether oxygens (including phenoxy) is 6. The zero-order chi connectivity index (χ0) is 51.8. The van der Waals surface area contributed by atoms with Crippen LogP contribution in [0.2, 0.25) is 5.02 Å². The Kier molecular flexibility index (Phi) is 20.7.